The Balaban J connectivity index is 1.94. The molecule has 1 aliphatic heterocycles. The van der Waals surface area contributed by atoms with E-state index in [1.807, 2.05) is 0 Å². The van der Waals surface area contributed by atoms with Crippen molar-refractivity contribution in [3.63, 3.8) is 0 Å². The molecule has 0 amide bonds. The molecule has 1 saturated heterocycles. The van der Waals surface area contributed by atoms with Crippen molar-refractivity contribution in [2.75, 3.05) is 13.2 Å². The van der Waals surface area contributed by atoms with Gasteiger partial charge in [0.2, 0.25) is 0 Å². The topological polar surface area (TPSA) is 32.3 Å². The van der Waals surface area contributed by atoms with Crippen molar-refractivity contribution in [1.29, 1.82) is 0 Å². The SMILES string of the molecule is CC1(CO)CC(Cc2ccc(Br)cc2)CN1. The Bertz CT molecular complexity index is 351. The molecule has 1 aromatic rings. The maximum Gasteiger partial charge on any atom is 0.0610 e. The zero-order chi connectivity index (χ0) is 11.6. The molecule has 0 aliphatic carbocycles. The van der Waals surface area contributed by atoms with Crippen molar-refractivity contribution in [2.24, 2.45) is 5.92 Å². The number of rotatable bonds is 3. The van der Waals surface area contributed by atoms with Gasteiger partial charge in [0, 0.05) is 10.0 Å². The highest BCUT2D eigenvalue weighted by Gasteiger charge is 2.33. The second-order valence-electron chi connectivity index (χ2n) is 5.00. The van der Waals surface area contributed by atoms with E-state index in [1.165, 1.54) is 5.56 Å². The molecule has 1 aromatic carbocycles. The van der Waals surface area contributed by atoms with Crippen LogP contribution >= 0.6 is 15.9 Å². The first kappa shape index (κ1) is 12.1. The van der Waals surface area contributed by atoms with Crippen LogP contribution in [-0.2, 0) is 6.42 Å². The van der Waals surface area contributed by atoms with Crippen LogP contribution in [0.15, 0.2) is 28.7 Å². The second kappa shape index (κ2) is 4.86. The molecule has 0 saturated carbocycles. The summed E-state index contributed by atoms with van der Waals surface area (Å²) in [6.45, 7) is 3.32. The highest BCUT2D eigenvalue weighted by Crippen LogP contribution is 2.26. The van der Waals surface area contributed by atoms with Crippen molar-refractivity contribution >= 4 is 15.9 Å². The van der Waals surface area contributed by atoms with Crippen LogP contribution in [0.5, 0.6) is 0 Å². The predicted molar refractivity (Wildman–Crippen MR) is 69.4 cm³/mol. The predicted octanol–water partition coefficient (Wildman–Crippen LogP) is 2.35. The largest absolute Gasteiger partial charge is 0.394 e. The van der Waals surface area contributed by atoms with E-state index in [0.717, 1.165) is 23.9 Å². The van der Waals surface area contributed by atoms with Gasteiger partial charge in [-0.2, -0.15) is 0 Å². The molecular weight excluding hydrogens is 266 g/mol. The van der Waals surface area contributed by atoms with Gasteiger partial charge in [0.25, 0.3) is 0 Å². The Morgan fingerprint density at radius 1 is 1.44 bits per heavy atom. The van der Waals surface area contributed by atoms with Crippen molar-refractivity contribution in [3.05, 3.63) is 34.3 Å². The second-order valence-corrected chi connectivity index (χ2v) is 5.92. The lowest BCUT2D eigenvalue weighted by Gasteiger charge is -2.21. The highest BCUT2D eigenvalue weighted by atomic mass is 79.9. The number of halogens is 1. The summed E-state index contributed by atoms with van der Waals surface area (Å²) in [4.78, 5) is 0. The maximum atomic E-state index is 9.28. The zero-order valence-corrected chi connectivity index (χ0v) is 11.1. The molecule has 1 heterocycles. The van der Waals surface area contributed by atoms with Crippen LogP contribution in [0.2, 0.25) is 0 Å². The van der Waals surface area contributed by atoms with E-state index in [2.05, 4.69) is 52.4 Å². The van der Waals surface area contributed by atoms with Gasteiger partial charge in [-0.15, -0.1) is 0 Å². The molecule has 0 spiro atoms. The number of aliphatic hydroxyl groups is 1. The molecule has 2 atom stereocenters. The summed E-state index contributed by atoms with van der Waals surface area (Å²) < 4.78 is 1.13. The van der Waals surface area contributed by atoms with E-state index < -0.39 is 0 Å². The molecule has 0 radical (unpaired) electrons. The third-order valence-electron chi connectivity index (χ3n) is 3.34. The summed E-state index contributed by atoms with van der Waals surface area (Å²) in [6, 6.07) is 8.50. The van der Waals surface area contributed by atoms with Gasteiger partial charge in [0.1, 0.15) is 0 Å². The van der Waals surface area contributed by atoms with E-state index >= 15 is 0 Å². The normalized spacial score (nSPS) is 29.6. The fourth-order valence-corrected chi connectivity index (χ4v) is 2.66. The fraction of sp³-hybridized carbons (Fsp3) is 0.538. The van der Waals surface area contributed by atoms with E-state index in [-0.39, 0.29) is 12.1 Å². The van der Waals surface area contributed by atoms with Gasteiger partial charge >= 0.3 is 0 Å². The molecule has 2 rings (SSSR count). The van der Waals surface area contributed by atoms with Crippen molar-refractivity contribution < 1.29 is 5.11 Å². The Hall–Kier alpha value is -0.380. The van der Waals surface area contributed by atoms with Gasteiger partial charge in [0.05, 0.1) is 6.61 Å². The van der Waals surface area contributed by atoms with Crippen LogP contribution in [0.1, 0.15) is 18.9 Å². The van der Waals surface area contributed by atoms with Crippen LogP contribution < -0.4 is 5.32 Å². The fourth-order valence-electron chi connectivity index (χ4n) is 2.39. The number of hydrogen-bond donors (Lipinski definition) is 2. The van der Waals surface area contributed by atoms with Gasteiger partial charge in [-0.25, -0.2) is 0 Å². The molecule has 2 unspecified atom stereocenters. The average Bonchev–Trinajstić information content (AvgIpc) is 2.65. The smallest absolute Gasteiger partial charge is 0.0610 e. The zero-order valence-electron chi connectivity index (χ0n) is 9.54. The van der Waals surface area contributed by atoms with Gasteiger partial charge in [0.15, 0.2) is 0 Å². The lowest BCUT2D eigenvalue weighted by molar-refractivity contribution is 0.189. The van der Waals surface area contributed by atoms with Crippen LogP contribution in [0, 0.1) is 5.92 Å². The first-order valence-corrected chi connectivity index (χ1v) is 6.51. The van der Waals surface area contributed by atoms with Crippen LogP contribution in [0.4, 0.5) is 0 Å². The maximum absolute atomic E-state index is 9.28. The standard InChI is InChI=1S/C13H18BrNO/c1-13(9-16)7-11(8-15-13)6-10-2-4-12(14)5-3-10/h2-5,11,15-16H,6-9H2,1H3. The first-order valence-electron chi connectivity index (χ1n) is 5.72. The molecule has 1 aliphatic rings. The molecule has 3 heteroatoms. The van der Waals surface area contributed by atoms with Crippen molar-refractivity contribution in [2.45, 2.75) is 25.3 Å². The Morgan fingerprint density at radius 2 is 2.12 bits per heavy atom. The molecule has 0 bridgehead atoms. The molecule has 2 N–H and O–H groups in total. The lowest BCUT2D eigenvalue weighted by atomic mass is 9.91. The van der Waals surface area contributed by atoms with Crippen molar-refractivity contribution in [1.82, 2.24) is 5.32 Å². The molecule has 0 aromatic heterocycles. The summed E-state index contributed by atoms with van der Waals surface area (Å²) in [5, 5.41) is 12.7. The van der Waals surface area contributed by atoms with E-state index in [1.54, 1.807) is 0 Å². The van der Waals surface area contributed by atoms with Gasteiger partial charge in [-0.05, 0) is 49.9 Å². The number of nitrogens with one attached hydrogen (secondary N) is 1. The molecule has 2 nitrogen and oxygen atoms in total. The molecular formula is C13H18BrNO. The summed E-state index contributed by atoms with van der Waals surface area (Å²) in [7, 11) is 0. The van der Waals surface area contributed by atoms with Gasteiger partial charge in [-0.1, -0.05) is 28.1 Å². The minimum absolute atomic E-state index is 0.0694. The highest BCUT2D eigenvalue weighted by molar-refractivity contribution is 9.10. The van der Waals surface area contributed by atoms with E-state index in [0.29, 0.717) is 5.92 Å². The first-order chi connectivity index (χ1) is 7.61. The number of benzene rings is 1. The number of aliphatic hydroxyl groups excluding tert-OH is 1. The van der Waals surface area contributed by atoms with Gasteiger partial charge in [-0.3, -0.25) is 0 Å². The van der Waals surface area contributed by atoms with E-state index in [4.69, 9.17) is 0 Å². The quantitative estimate of drug-likeness (QED) is 0.893. The Labute approximate surface area is 105 Å². The summed E-state index contributed by atoms with van der Waals surface area (Å²) >= 11 is 3.44. The van der Waals surface area contributed by atoms with Gasteiger partial charge < -0.3 is 10.4 Å². The summed E-state index contributed by atoms with van der Waals surface area (Å²) in [5.74, 6) is 0.637. The molecule has 16 heavy (non-hydrogen) atoms. The third-order valence-corrected chi connectivity index (χ3v) is 3.87. The van der Waals surface area contributed by atoms with Crippen molar-refractivity contribution in [3.8, 4) is 0 Å². The Kier molecular flexibility index (Phi) is 3.67. The Morgan fingerprint density at radius 3 is 2.69 bits per heavy atom. The number of hydrogen-bond acceptors (Lipinski definition) is 2. The monoisotopic (exact) mass is 283 g/mol. The summed E-state index contributed by atoms with van der Waals surface area (Å²) in [5.41, 5.74) is 1.30. The van der Waals surface area contributed by atoms with Crippen LogP contribution in [0.25, 0.3) is 0 Å². The van der Waals surface area contributed by atoms with Crippen LogP contribution in [-0.4, -0.2) is 23.8 Å². The minimum Gasteiger partial charge on any atom is -0.394 e. The lowest BCUT2D eigenvalue weighted by Crippen LogP contribution is -2.39. The average molecular weight is 284 g/mol. The minimum atomic E-state index is -0.0694. The molecule has 1 fully saturated rings. The van der Waals surface area contributed by atoms with Crippen LogP contribution in [0.3, 0.4) is 0 Å². The third kappa shape index (κ3) is 2.84. The van der Waals surface area contributed by atoms with E-state index in [9.17, 15) is 5.11 Å². The molecule has 88 valence electrons. The summed E-state index contributed by atoms with van der Waals surface area (Å²) in [6.07, 6.45) is 2.15.